The molecule has 5 nitrogen and oxygen atoms in total. The van der Waals surface area contributed by atoms with E-state index < -0.39 is 17.6 Å². The van der Waals surface area contributed by atoms with Crippen molar-refractivity contribution in [2.24, 2.45) is 0 Å². The topological polar surface area (TPSA) is 76.2 Å². The second kappa shape index (κ2) is 5.55. The minimum atomic E-state index is -0.966. The van der Waals surface area contributed by atoms with E-state index in [0.717, 1.165) is 6.07 Å². The number of hydrogen-bond acceptors (Lipinski definition) is 4. The molecule has 2 rings (SSSR count). The van der Waals surface area contributed by atoms with Gasteiger partial charge in [-0.3, -0.25) is 4.79 Å². The van der Waals surface area contributed by atoms with Gasteiger partial charge in [0, 0.05) is 18.9 Å². The minimum Gasteiger partial charge on any atom is -0.481 e. The fourth-order valence-corrected chi connectivity index (χ4v) is 1.57. The van der Waals surface area contributed by atoms with Crippen LogP contribution in [0.15, 0.2) is 22.7 Å². The molecular weight excluding hydrogens is 258 g/mol. The van der Waals surface area contributed by atoms with Crippen molar-refractivity contribution in [3.05, 3.63) is 47.1 Å². The highest BCUT2D eigenvalue weighted by Gasteiger charge is 2.10. The third-order valence-electron chi connectivity index (χ3n) is 2.35. The summed E-state index contributed by atoms with van der Waals surface area (Å²) in [6.07, 6.45) is 0.126. The van der Waals surface area contributed by atoms with Gasteiger partial charge in [0.25, 0.3) is 0 Å². The van der Waals surface area contributed by atoms with Gasteiger partial charge in [-0.25, -0.2) is 8.78 Å². The highest BCUT2D eigenvalue weighted by Crippen LogP contribution is 2.12. The zero-order valence-electron chi connectivity index (χ0n) is 9.77. The molecule has 100 valence electrons. The fourth-order valence-electron chi connectivity index (χ4n) is 1.57. The van der Waals surface area contributed by atoms with Gasteiger partial charge in [-0.05, 0) is 17.7 Å². The molecule has 0 fully saturated rings. The number of aromatic nitrogens is 2. The van der Waals surface area contributed by atoms with Crippen molar-refractivity contribution in [3.8, 4) is 0 Å². The van der Waals surface area contributed by atoms with Crippen molar-refractivity contribution in [1.29, 1.82) is 0 Å². The fraction of sp³-hybridized carbons (Fsp3) is 0.250. The number of hydrogen-bond donors (Lipinski definition) is 1. The van der Waals surface area contributed by atoms with Crippen LogP contribution in [0.25, 0.3) is 0 Å². The van der Waals surface area contributed by atoms with E-state index >= 15 is 0 Å². The van der Waals surface area contributed by atoms with E-state index in [2.05, 4.69) is 10.1 Å². The van der Waals surface area contributed by atoms with Crippen molar-refractivity contribution >= 4 is 5.97 Å². The Labute approximate surface area is 106 Å². The molecular formula is C12H10F2N2O3. The smallest absolute Gasteiger partial charge is 0.303 e. The summed E-state index contributed by atoms with van der Waals surface area (Å²) in [5, 5.41) is 12.1. The second-order valence-electron chi connectivity index (χ2n) is 3.95. The SMILES string of the molecule is O=C(O)CCc1nc(Cc2cc(F)cc(F)c2)no1. The van der Waals surface area contributed by atoms with Gasteiger partial charge in [0.05, 0.1) is 6.42 Å². The maximum atomic E-state index is 13.0. The quantitative estimate of drug-likeness (QED) is 0.897. The average Bonchev–Trinajstić information content (AvgIpc) is 2.72. The van der Waals surface area contributed by atoms with Crippen LogP contribution in [-0.2, 0) is 17.6 Å². The number of rotatable bonds is 5. The summed E-state index contributed by atoms with van der Waals surface area (Å²) < 4.78 is 30.8. The Morgan fingerprint density at radius 2 is 1.95 bits per heavy atom. The standard InChI is InChI=1S/C12H10F2N2O3/c13-8-3-7(4-9(14)6-8)5-10-15-11(19-16-10)1-2-12(17)18/h3-4,6H,1-2,5H2,(H,17,18). The van der Waals surface area contributed by atoms with Gasteiger partial charge >= 0.3 is 5.97 Å². The molecule has 0 spiro atoms. The molecule has 0 saturated carbocycles. The molecule has 1 aromatic heterocycles. The minimum absolute atomic E-state index is 0.115. The van der Waals surface area contributed by atoms with Crippen LogP contribution in [-0.4, -0.2) is 21.2 Å². The zero-order chi connectivity index (χ0) is 13.8. The van der Waals surface area contributed by atoms with Gasteiger partial charge in [0.2, 0.25) is 5.89 Å². The molecule has 1 heterocycles. The number of carboxylic acid groups (broad SMARTS) is 1. The summed E-state index contributed by atoms with van der Waals surface area (Å²) in [5.41, 5.74) is 0.378. The summed E-state index contributed by atoms with van der Waals surface area (Å²) in [5.74, 6) is -1.87. The lowest BCUT2D eigenvalue weighted by Gasteiger charge is -1.97. The average molecular weight is 268 g/mol. The molecule has 0 saturated heterocycles. The van der Waals surface area contributed by atoms with Crippen LogP contribution in [0, 0.1) is 11.6 Å². The monoisotopic (exact) mass is 268 g/mol. The lowest BCUT2D eigenvalue weighted by atomic mass is 10.1. The first-order valence-corrected chi connectivity index (χ1v) is 5.51. The number of aliphatic carboxylic acids is 1. The van der Waals surface area contributed by atoms with E-state index in [1.165, 1.54) is 12.1 Å². The number of benzene rings is 1. The number of nitrogens with zero attached hydrogens (tertiary/aromatic N) is 2. The second-order valence-corrected chi connectivity index (χ2v) is 3.95. The summed E-state index contributed by atoms with van der Waals surface area (Å²) >= 11 is 0. The van der Waals surface area contributed by atoms with Crippen LogP contribution in [0.3, 0.4) is 0 Å². The van der Waals surface area contributed by atoms with Crippen LogP contribution in [0.5, 0.6) is 0 Å². The third-order valence-corrected chi connectivity index (χ3v) is 2.35. The molecule has 0 aliphatic heterocycles. The largest absolute Gasteiger partial charge is 0.481 e. The molecule has 0 aliphatic carbocycles. The van der Waals surface area contributed by atoms with Crippen LogP contribution < -0.4 is 0 Å². The Morgan fingerprint density at radius 3 is 2.58 bits per heavy atom. The molecule has 0 atom stereocenters. The van der Waals surface area contributed by atoms with Gasteiger partial charge in [-0.2, -0.15) is 4.98 Å². The van der Waals surface area contributed by atoms with Gasteiger partial charge in [-0.15, -0.1) is 0 Å². The van der Waals surface area contributed by atoms with E-state index in [4.69, 9.17) is 9.63 Å². The lowest BCUT2D eigenvalue weighted by molar-refractivity contribution is -0.137. The van der Waals surface area contributed by atoms with E-state index in [1.54, 1.807) is 0 Å². The van der Waals surface area contributed by atoms with Gasteiger partial charge in [0.1, 0.15) is 11.6 Å². The highest BCUT2D eigenvalue weighted by molar-refractivity contribution is 5.66. The molecule has 19 heavy (non-hydrogen) atoms. The number of aryl methyl sites for hydroxylation is 1. The molecule has 0 unspecified atom stereocenters. The van der Waals surface area contributed by atoms with Gasteiger partial charge in [-0.1, -0.05) is 5.16 Å². The molecule has 0 amide bonds. The summed E-state index contributed by atoms with van der Waals surface area (Å²) in [4.78, 5) is 14.3. The van der Waals surface area contributed by atoms with Crippen molar-refractivity contribution in [2.45, 2.75) is 19.3 Å². The Morgan fingerprint density at radius 1 is 1.26 bits per heavy atom. The van der Waals surface area contributed by atoms with Crippen molar-refractivity contribution < 1.29 is 23.2 Å². The number of halogens is 2. The summed E-state index contributed by atoms with van der Waals surface area (Å²) in [6.45, 7) is 0. The van der Waals surface area contributed by atoms with Crippen LogP contribution in [0.4, 0.5) is 8.78 Å². The molecule has 7 heteroatoms. The predicted octanol–water partition coefficient (Wildman–Crippen LogP) is 1.96. The van der Waals surface area contributed by atoms with E-state index in [-0.39, 0.29) is 31.0 Å². The van der Waals surface area contributed by atoms with Crippen LogP contribution in [0.2, 0.25) is 0 Å². The zero-order valence-corrected chi connectivity index (χ0v) is 9.77. The Balaban J connectivity index is 2.05. The molecule has 0 bridgehead atoms. The van der Waals surface area contributed by atoms with Crippen molar-refractivity contribution in [3.63, 3.8) is 0 Å². The number of carboxylic acids is 1. The van der Waals surface area contributed by atoms with E-state index in [0.29, 0.717) is 5.56 Å². The Bertz CT molecular complexity index is 578. The molecule has 1 aromatic carbocycles. The Kier molecular flexibility index (Phi) is 3.84. The first-order valence-electron chi connectivity index (χ1n) is 5.51. The molecule has 0 aliphatic rings. The molecule has 0 radical (unpaired) electrons. The maximum absolute atomic E-state index is 13.0. The Hall–Kier alpha value is -2.31. The number of carbonyl (C=O) groups is 1. The van der Waals surface area contributed by atoms with Gasteiger partial charge in [0.15, 0.2) is 5.82 Å². The maximum Gasteiger partial charge on any atom is 0.303 e. The summed E-state index contributed by atoms with van der Waals surface area (Å²) in [7, 11) is 0. The van der Waals surface area contributed by atoms with E-state index in [1.807, 2.05) is 0 Å². The van der Waals surface area contributed by atoms with Crippen molar-refractivity contribution in [2.75, 3.05) is 0 Å². The third kappa shape index (κ3) is 3.84. The highest BCUT2D eigenvalue weighted by atomic mass is 19.1. The first-order chi connectivity index (χ1) is 9.02. The van der Waals surface area contributed by atoms with E-state index in [9.17, 15) is 13.6 Å². The van der Waals surface area contributed by atoms with Crippen LogP contribution in [0.1, 0.15) is 23.7 Å². The van der Waals surface area contributed by atoms with Crippen molar-refractivity contribution in [1.82, 2.24) is 10.1 Å². The normalized spacial score (nSPS) is 10.6. The lowest BCUT2D eigenvalue weighted by Crippen LogP contribution is -1.98. The van der Waals surface area contributed by atoms with Gasteiger partial charge < -0.3 is 9.63 Å². The first kappa shape index (κ1) is 13.1. The summed E-state index contributed by atoms with van der Waals surface area (Å²) in [6, 6.07) is 3.13. The molecule has 2 aromatic rings. The predicted molar refractivity (Wildman–Crippen MR) is 59.4 cm³/mol. The van der Waals surface area contributed by atoms with Crippen LogP contribution >= 0.6 is 0 Å². The molecule has 1 N–H and O–H groups in total.